The normalized spacial score (nSPS) is 18.1. The fourth-order valence-corrected chi connectivity index (χ4v) is 6.35. The van der Waals surface area contributed by atoms with E-state index in [0.29, 0.717) is 19.6 Å². The van der Waals surface area contributed by atoms with E-state index in [-0.39, 0.29) is 23.9 Å². The lowest BCUT2D eigenvalue weighted by atomic mass is 10.00. The van der Waals surface area contributed by atoms with Gasteiger partial charge >= 0.3 is 0 Å². The van der Waals surface area contributed by atoms with Crippen molar-refractivity contribution < 1.29 is 9.59 Å². The lowest BCUT2D eigenvalue weighted by Gasteiger charge is -2.41. The molecule has 2 aliphatic rings. The van der Waals surface area contributed by atoms with Gasteiger partial charge in [0.2, 0.25) is 0 Å². The fraction of sp³-hybridized carbons (Fsp3) is 0.241. The van der Waals surface area contributed by atoms with Gasteiger partial charge < -0.3 is 15.1 Å². The molecule has 6 rings (SSSR count). The van der Waals surface area contributed by atoms with Crippen molar-refractivity contribution in [3.63, 3.8) is 0 Å². The topological polar surface area (TPSA) is 52.7 Å². The van der Waals surface area contributed by atoms with Crippen LogP contribution in [0.3, 0.4) is 0 Å². The van der Waals surface area contributed by atoms with E-state index < -0.39 is 0 Å². The molecule has 3 heterocycles. The van der Waals surface area contributed by atoms with Gasteiger partial charge in [0, 0.05) is 59.5 Å². The average Bonchev–Trinajstić information content (AvgIpc) is 3.51. The van der Waals surface area contributed by atoms with E-state index in [1.807, 2.05) is 70.5 Å². The average molecular weight is 482 g/mol. The maximum atomic E-state index is 13.5. The highest BCUT2D eigenvalue weighted by Gasteiger charge is 2.36. The van der Waals surface area contributed by atoms with Gasteiger partial charge in [-0.25, -0.2) is 0 Å². The number of nitrogens with zero attached hydrogens (tertiary/aromatic N) is 2. The van der Waals surface area contributed by atoms with Crippen molar-refractivity contribution in [2.24, 2.45) is 0 Å². The highest BCUT2D eigenvalue weighted by Crippen LogP contribution is 2.39. The Morgan fingerprint density at radius 2 is 1.40 bits per heavy atom. The molecule has 0 unspecified atom stereocenters. The molecule has 2 fully saturated rings. The van der Waals surface area contributed by atoms with Gasteiger partial charge in [-0.3, -0.25) is 9.59 Å². The van der Waals surface area contributed by atoms with E-state index in [0.717, 1.165) is 44.6 Å². The summed E-state index contributed by atoms with van der Waals surface area (Å²) in [5, 5.41) is 4.81. The van der Waals surface area contributed by atoms with Crippen molar-refractivity contribution >= 4 is 33.2 Å². The number of rotatable bonds is 5. The third kappa shape index (κ3) is 4.24. The minimum absolute atomic E-state index is 0.0958. The summed E-state index contributed by atoms with van der Waals surface area (Å²) in [6.07, 6.45) is 0.942. The van der Waals surface area contributed by atoms with E-state index in [9.17, 15) is 9.59 Å². The molecular weight excluding hydrogens is 454 g/mol. The molecule has 1 aromatic heterocycles. The minimum Gasteiger partial charge on any atom is -0.337 e. The van der Waals surface area contributed by atoms with Crippen LogP contribution in [0.5, 0.6) is 0 Å². The van der Waals surface area contributed by atoms with Crippen LogP contribution < -0.4 is 5.32 Å². The second-order valence-corrected chi connectivity index (χ2v) is 10.4. The van der Waals surface area contributed by atoms with E-state index in [2.05, 4.69) is 29.6 Å². The third-order valence-corrected chi connectivity index (χ3v) is 8.15. The predicted octanol–water partition coefficient (Wildman–Crippen LogP) is 4.90. The van der Waals surface area contributed by atoms with Gasteiger partial charge in [-0.15, -0.1) is 11.3 Å². The molecular formula is C29H27N3O2S. The lowest BCUT2D eigenvalue weighted by molar-refractivity contribution is 0.0558. The molecule has 0 spiro atoms. The molecule has 4 aromatic rings. The number of carbonyl (C=O) groups is 2. The van der Waals surface area contributed by atoms with E-state index in [1.165, 1.54) is 0 Å². The highest BCUT2D eigenvalue weighted by atomic mass is 32.1. The summed E-state index contributed by atoms with van der Waals surface area (Å²) >= 11 is 1.58. The van der Waals surface area contributed by atoms with Crippen molar-refractivity contribution in [1.29, 1.82) is 0 Å². The van der Waals surface area contributed by atoms with Crippen molar-refractivity contribution in [2.75, 3.05) is 26.2 Å². The number of amides is 2. The SMILES string of the molecule is O=C(c1ccccc1)N1CC[C@H](NC2CN(C(=O)c3sc4ccccc4c3-c3ccccc3)C2)C1. The number of hydrogen-bond donors (Lipinski definition) is 1. The Balaban J connectivity index is 1.11. The molecule has 0 bridgehead atoms. The minimum atomic E-state index is 0.0958. The van der Waals surface area contributed by atoms with Gasteiger partial charge in [0.25, 0.3) is 11.8 Å². The third-order valence-electron chi connectivity index (χ3n) is 6.99. The molecule has 0 aliphatic carbocycles. The summed E-state index contributed by atoms with van der Waals surface area (Å²) < 4.78 is 1.14. The first kappa shape index (κ1) is 22.0. The molecule has 2 amide bonds. The van der Waals surface area contributed by atoms with Crippen LogP contribution >= 0.6 is 11.3 Å². The van der Waals surface area contributed by atoms with Crippen LogP contribution in [0.25, 0.3) is 21.2 Å². The Morgan fingerprint density at radius 3 is 2.17 bits per heavy atom. The summed E-state index contributed by atoms with van der Waals surface area (Å²) in [6, 6.07) is 28.5. The van der Waals surface area contributed by atoms with Crippen LogP contribution in [-0.2, 0) is 0 Å². The zero-order valence-electron chi connectivity index (χ0n) is 19.4. The second-order valence-electron chi connectivity index (χ2n) is 9.34. The highest BCUT2D eigenvalue weighted by molar-refractivity contribution is 7.21. The maximum absolute atomic E-state index is 13.5. The summed E-state index contributed by atoms with van der Waals surface area (Å²) in [6.45, 7) is 2.88. The predicted molar refractivity (Wildman–Crippen MR) is 141 cm³/mol. The Morgan fingerprint density at radius 1 is 0.743 bits per heavy atom. The molecule has 0 saturated carbocycles. The molecule has 176 valence electrons. The van der Waals surface area contributed by atoms with Crippen LogP contribution in [0.1, 0.15) is 26.5 Å². The van der Waals surface area contributed by atoms with Crippen LogP contribution in [0.15, 0.2) is 84.9 Å². The first-order valence-corrected chi connectivity index (χ1v) is 13.0. The van der Waals surface area contributed by atoms with Crippen molar-refractivity contribution in [1.82, 2.24) is 15.1 Å². The summed E-state index contributed by atoms with van der Waals surface area (Å²) in [4.78, 5) is 30.9. The number of likely N-dealkylation sites (tertiary alicyclic amines) is 2. The van der Waals surface area contributed by atoms with Gasteiger partial charge in [-0.2, -0.15) is 0 Å². The van der Waals surface area contributed by atoms with Gasteiger partial charge in [0.15, 0.2) is 0 Å². The number of fused-ring (bicyclic) bond motifs is 1. The van der Waals surface area contributed by atoms with E-state index in [4.69, 9.17) is 0 Å². The van der Waals surface area contributed by atoms with Crippen LogP contribution in [-0.4, -0.2) is 59.9 Å². The van der Waals surface area contributed by atoms with Gasteiger partial charge in [0.1, 0.15) is 4.88 Å². The smallest absolute Gasteiger partial charge is 0.264 e. The van der Waals surface area contributed by atoms with Crippen LogP contribution in [0.4, 0.5) is 0 Å². The fourth-order valence-electron chi connectivity index (χ4n) is 5.16. The van der Waals surface area contributed by atoms with Crippen molar-refractivity contribution in [2.45, 2.75) is 18.5 Å². The zero-order chi connectivity index (χ0) is 23.8. The first-order chi connectivity index (χ1) is 17.2. The van der Waals surface area contributed by atoms with Crippen LogP contribution in [0, 0.1) is 0 Å². The quantitative estimate of drug-likeness (QED) is 0.441. The van der Waals surface area contributed by atoms with Crippen LogP contribution in [0.2, 0.25) is 0 Å². The number of thiophene rings is 1. The molecule has 35 heavy (non-hydrogen) atoms. The number of carbonyl (C=O) groups excluding carboxylic acids is 2. The molecule has 2 aliphatic heterocycles. The standard InChI is InChI=1S/C29H27N3O2S/c33-28(21-11-5-2-6-12-21)31-16-15-22(17-31)30-23-18-32(19-23)29(34)27-26(20-9-3-1-4-10-20)24-13-7-8-14-25(24)35-27/h1-14,22-23,30H,15-19H2/t22-/m0/s1. The molecule has 6 heteroatoms. The maximum Gasteiger partial charge on any atom is 0.264 e. The Kier molecular flexibility index (Phi) is 5.84. The monoisotopic (exact) mass is 481 g/mol. The van der Waals surface area contributed by atoms with E-state index in [1.54, 1.807) is 11.3 Å². The number of benzene rings is 3. The summed E-state index contributed by atoms with van der Waals surface area (Å²) in [5.74, 6) is 0.203. The molecule has 3 aromatic carbocycles. The van der Waals surface area contributed by atoms with Gasteiger partial charge in [0.05, 0.1) is 0 Å². The van der Waals surface area contributed by atoms with E-state index >= 15 is 0 Å². The Hall–Kier alpha value is -3.48. The lowest BCUT2D eigenvalue weighted by Crippen LogP contribution is -2.62. The molecule has 1 atom stereocenters. The molecule has 2 saturated heterocycles. The number of hydrogen-bond acceptors (Lipinski definition) is 4. The molecule has 0 radical (unpaired) electrons. The molecule has 5 nitrogen and oxygen atoms in total. The van der Waals surface area contributed by atoms with Crippen molar-refractivity contribution in [3.8, 4) is 11.1 Å². The Bertz CT molecular complexity index is 1360. The molecule has 1 N–H and O–H groups in total. The summed E-state index contributed by atoms with van der Waals surface area (Å²) in [7, 11) is 0. The van der Waals surface area contributed by atoms with Crippen molar-refractivity contribution in [3.05, 3.63) is 95.4 Å². The van der Waals surface area contributed by atoms with Gasteiger partial charge in [-0.05, 0) is 30.2 Å². The number of nitrogens with one attached hydrogen (secondary N) is 1. The second kappa shape index (κ2) is 9.29. The summed E-state index contributed by atoms with van der Waals surface area (Å²) in [5.41, 5.74) is 2.86. The van der Waals surface area contributed by atoms with Gasteiger partial charge in [-0.1, -0.05) is 66.7 Å². The largest absolute Gasteiger partial charge is 0.337 e. The Labute approximate surface area is 209 Å². The zero-order valence-corrected chi connectivity index (χ0v) is 20.2. The first-order valence-electron chi connectivity index (χ1n) is 12.1.